The van der Waals surface area contributed by atoms with Gasteiger partial charge in [-0.1, -0.05) is 6.07 Å². The molecule has 2 aliphatic heterocycles. The third-order valence-corrected chi connectivity index (χ3v) is 5.21. The Morgan fingerprint density at radius 2 is 2.04 bits per heavy atom. The molecule has 1 fully saturated rings. The van der Waals surface area contributed by atoms with E-state index >= 15 is 0 Å². The second kappa shape index (κ2) is 7.28. The summed E-state index contributed by atoms with van der Waals surface area (Å²) < 4.78 is 5.41. The van der Waals surface area contributed by atoms with Gasteiger partial charge in [-0.25, -0.2) is 0 Å². The first kappa shape index (κ1) is 16.8. The normalized spacial score (nSPS) is 17.5. The molecular weight excluding hydrogens is 328 g/mol. The van der Waals surface area contributed by atoms with Crippen LogP contribution >= 0.6 is 0 Å². The maximum Gasteiger partial charge on any atom is 0.253 e. The van der Waals surface area contributed by atoms with Gasteiger partial charge in [0, 0.05) is 42.5 Å². The topological polar surface area (TPSA) is 59.5 Å². The Labute approximate surface area is 153 Å². The summed E-state index contributed by atoms with van der Waals surface area (Å²) in [5, 5.41) is 0. The summed E-state index contributed by atoms with van der Waals surface area (Å²) in [6.45, 7) is 1.66. The molecule has 0 aliphatic carbocycles. The molecule has 2 aromatic rings. The predicted molar refractivity (Wildman–Crippen MR) is 97.2 cm³/mol. The minimum atomic E-state index is 0.0436. The van der Waals surface area contributed by atoms with Gasteiger partial charge in [-0.15, -0.1) is 0 Å². The van der Waals surface area contributed by atoms with Crippen LogP contribution in [0.1, 0.15) is 34.5 Å². The van der Waals surface area contributed by atoms with Crippen molar-refractivity contribution in [2.45, 2.75) is 25.7 Å². The number of benzene rings is 1. The van der Waals surface area contributed by atoms with Crippen molar-refractivity contribution in [2.24, 2.45) is 5.92 Å². The Kier molecular flexibility index (Phi) is 4.69. The van der Waals surface area contributed by atoms with Crippen LogP contribution < -0.4 is 4.74 Å². The van der Waals surface area contributed by atoms with Crippen LogP contribution in [0.15, 0.2) is 42.6 Å². The lowest BCUT2D eigenvalue weighted by atomic mass is 9.91. The number of amides is 1. The number of Topliss-reactive ketones (excluding diaryl/α,β-unsaturated/α-hetero) is 1. The molecule has 0 bridgehead atoms. The number of pyridine rings is 1. The molecule has 0 saturated carbocycles. The molecule has 4 rings (SSSR count). The molecular formula is C21H22N2O3. The lowest BCUT2D eigenvalue weighted by Gasteiger charge is -2.32. The van der Waals surface area contributed by atoms with Gasteiger partial charge in [0.2, 0.25) is 0 Å². The number of likely N-dealkylation sites (tertiary alicyclic amines) is 1. The molecule has 5 heteroatoms. The number of fused-ring (bicyclic) bond motifs is 1. The predicted octanol–water partition coefficient (Wildman–Crippen LogP) is 2.68. The van der Waals surface area contributed by atoms with Gasteiger partial charge in [0.1, 0.15) is 12.4 Å². The van der Waals surface area contributed by atoms with Crippen molar-refractivity contribution >= 4 is 11.7 Å². The average molecular weight is 350 g/mol. The Morgan fingerprint density at radius 3 is 2.81 bits per heavy atom. The second-order valence-electron chi connectivity index (χ2n) is 7.09. The smallest absolute Gasteiger partial charge is 0.253 e. The number of carbonyl (C=O) groups is 2. The first-order valence-electron chi connectivity index (χ1n) is 9.15. The van der Waals surface area contributed by atoms with E-state index in [1.165, 1.54) is 0 Å². The number of rotatable bonds is 3. The molecule has 26 heavy (non-hydrogen) atoms. The molecule has 1 aromatic carbocycles. The van der Waals surface area contributed by atoms with Gasteiger partial charge in [-0.2, -0.15) is 0 Å². The lowest BCUT2D eigenvalue weighted by Crippen LogP contribution is -2.39. The molecule has 1 amide bonds. The van der Waals surface area contributed by atoms with Crippen LogP contribution in [-0.2, 0) is 17.6 Å². The molecule has 0 N–H and O–H groups in total. The number of hydrogen-bond donors (Lipinski definition) is 0. The minimum Gasteiger partial charge on any atom is -0.486 e. The Balaban J connectivity index is 1.38. The quantitative estimate of drug-likeness (QED) is 0.854. The van der Waals surface area contributed by atoms with Crippen LogP contribution in [-0.4, -0.2) is 41.3 Å². The highest BCUT2D eigenvalue weighted by Gasteiger charge is 2.25. The monoisotopic (exact) mass is 350 g/mol. The van der Waals surface area contributed by atoms with E-state index in [2.05, 4.69) is 11.1 Å². The van der Waals surface area contributed by atoms with Gasteiger partial charge in [0.05, 0.1) is 0 Å². The molecule has 0 radical (unpaired) electrons. The minimum absolute atomic E-state index is 0.0436. The highest BCUT2D eigenvalue weighted by molar-refractivity contribution is 5.95. The van der Waals surface area contributed by atoms with E-state index in [4.69, 9.17) is 4.74 Å². The van der Waals surface area contributed by atoms with E-state index in [1.807, 2.05) is 35.4 Å². The van der Waals surface area contributed by atoms with E-state index < -0.39 is 0 Å². The van der Waals surface area contributed by atoms with Crippen LogP contribution in [0.4, 0.5) is 0 Å². The Bertz CT molecular complexity index is 811. The maximum atomic E-state index is 12.8. The molecule has 2 aliphatic rings. The number of carbonyl (C=O) groups excluding carboxylic acids is 2. The van der Waals surface area contributed by atoms with Crippen molar-refractivity contribution in [1.82, 2.24) is 9.88 Å². The fourth-order valence-electron chi connectivity index (χ4n) is 3.75. The van der Waals surface area contributed by atoms with Gasteiger partial charge in [-0.05, 0) is 55.5 Å². The van der Waals surface area contributed by atoms with E-state index in [9.17, 15) is 9.59 Å². The van der Waals surface area contributed by atoms with Crippen molar-refractivity contribution in [1.29, 1.82) is 0 Å². The van der Waals surface area contributed by atoms with Gasteiger partial charge >= 0.3 is 0 Å². The molecule has 0 unspecified atom stereocenters. The summed E-state index contributed by atoms with van der Waals surface area (Å²) in [4.78, 5) is 30.7. The number of ketones is 1. The van der Waals surface area contributed by atoms with Crippen LogP contribution in [0.5, 0.6) is 5.75 Å². The summed E-state index contributed by atoms with van der Waals surface area (Å²) in [6, 6.07) is 11.4. The number of nitrogens with zero attached hydrogens (tertiary/aromatic N) is 2. The molecule has 134 valence electrons. The fourth-order valence-corrected chi connectivity index (χ4v) is 3.75. The standard InChI is InChI=1S/C21H22N2O3/c24-19-13-17-12-16(4-5-20(17)26-14-19)21(25)23-9-6-15(7-10-23)11-18-3-1-2-8-22-18/h1-5,8,12,15H,6-7,9-11,13-14H2. The van der Waals surface area contributed by atoms with Gasteiger partial charge in [0.25, 0.3) is 5.91 Å². The second-order valence-corrected chi connectivity index (χ2v) is 7.09. The lowest BCUT2D eigenvalue weighted by molar-refractivity contribution is -0.121. The number of piperidine rings is 1. The van der Waals surface area contributed by atoms with Crippen molar-refractivity contribution in [3.63, 3.8) is 0 Å². The van der Waals surface area contributed by atoms with Gasteiger partial charge in [-0.3, -0.25) is 14.6 Å². The summed E-state index contributed by atoms with van der Waals surface area (Å²) in [7, 11) is 0. The molecule has 5 nitrogen and oxygen atoms in total. The summed E-state index contributed by atoms with van der Waals surface area (Å²) in [5.74, 6) is 1.39. The van der Waals surface area contributed by atoms with Crippen molar-refractivity contribution in [3.05, 3.63) is 59.4 Å². The van der Waals surface area contributed by atoms with Gasteiger partial charge < -0.3 is 9.64 Å². The molecule has 1 aromatic heterocycles. The zero-order valence-electron chi connectivity index (χ0n) is 14.7. The van der Waals surface area contributed by atoms with Crippen molar-refractivity contribution < 1.29 is 14.3 Å². The van der Waals surface area contributed by atoms with E-state index in [0.29, 0.717) is 17.9 Å². The third-order valence-electron chi connectivity index (χ3n) is 5.21. The Morgan fingerprint density at radius 1 is 1.19 bits per heavy atom. The number of hydrogen-bond acceptors (Lipinski definition) is 4. The van der Waals surface area contributed by atoms with Crippen LogP contribution in [0, 0.1) is 5.92 Å². The third kappa shape index (κ3) is 3.62. The highest BCUT2D eigenvalue weighted by Crippen LogP contribution is 2.27. The van der Waals surface area contributed by atoms with Crippen LogP contribution in [0.25, 0.3) is 0 Å². The number of aromatic nitrogens is 1. The first-order chi connectivity index (χ1) is 12.7. The zero-order chi connectivity index (χ0) is 17.9. The average Bonchev–Trinajstić information content (AvgIpc) is 2.68. The largest absolute Gasteiger partial charge is 0.486 e. The molecule has 1 saturated heterocycles. The van der Waals surface area contributed by atoms with Crippen molar-refractivity contribution in [3.8, 4) is 5.75 Å². The van der Waals surface area contributed by atoms with E-state index in [0.717, 1.165) is 49.4 Å². The number of ether oxygens (including phenoxy) is 1. The summed E-state index contributed by atoms with van der Waals surface area (Å²) in [6.07, 6.45) is 5.14. The summed E-state index contributed by atoms with van der Waals surface area (Å²) >= 11 is 0. The summed E-state index contributed by atoms with van der Waals surface area (Å²) in [5.41, 5.74) is 2.58. The van der Waals surface area contributed by atoms with E-state index in [1.54, 1.807) is 6.07 Å². The van der Waals surface area contributed by atoms with Crippen molar-refractivity contribution in [2.75, 3.05) is 19.7 Å². The van der Waals surface area contributed by atoms with Gasteiger partial charge in [0.15, 0.2) is 5.78 Å². The highest BCUT2D eigenvalue weighted by atomic mass is 16.5. The zero-order valence-corrected chi connectivity index (χ0v) is 14.7. The fraction of sp³-hybridized carbons (Fsp3) is 0.381. The first-order valence-corrected chi connectivity index (χ1v) is 9.15. The van der Waals surface area contributed by atoms with Crippen LogP contribution in [0.2, 0.25) is 0 Å². The SMILES string of the molecule is O=C1COc2ccc(C(=O)N3CCC(Cc4ccccn4)CC3)cc2C1. The maximum absolute atomic E-state index is 12.8. The van der Waals surface area contributed by atoms with Crippen LogP contribution in [0.3, 0.4) is 0 Å². The molecule has 0 atom stereocenters. The molecule has 0 spiro atoms. The Hall–Kier alpha value is -2.69. The van der Waals surface area contributed by atoms with E-state index in [-0.39, 0.29) is 18.3 Å². The molecule has 3 heterocycles.